The molecule has 0 spiro atoms. The maximum Gasteiger partial charge on any atom is 0.256 e. The lowest BCUT2D eigenvalue weighted by atomic mass is 10.0. The number of nitrogens with zero attached hydrogens (tertiary/aromatic N) is 3. The number of fused-ring (bicyclic) bond motifs is 2. The highest BCUT2D eigenvalue weighted by Crippen LogP contribution is 2.36. The maximum atomic E-state index is 13.4. The van der Waals surface area contributed by atoms with Crippen LogP contribution in [-0.4, -0.2) is 36.4 Å². The summed E-state index contributed by atoms with van der Waals surface area (Å²) in [7, 11) is 1.72. The molecule has 3 N–H and O–H groups in total. The van der Waals surface area contributed by atoms with Crippen molar-refractivity contribution in [2.24, 2.45) is 10.7 Å². The number of allylic oxidation sites excluding steroid dienone is 1. The predicted octanol–water partition coefficient (Wildman–Crippen LogP) is 3.13. The van der Waals surface area contributed by atoms with Crippen molar-refractivity contribution in [3.05, 3.63) is 59.9 Å². The molecule has 2 aliphatic rings. The van der Waals surface area contributed by atoms with Crippen molar-refractivity contribution in [3.8, 4) is 0 Å². The number of hydrogen-bond acceptors (Lipinski definition) is 6. The van der Waals surface area contributed by atoms with Gasteiger partial charge in [-0.3, -0.25) is 9.79 Å². The Labute approximate surface area is 170 Å². The summed E-state index contributed by atoms with van der Waals surface area (Å²) >= 11 is 0. The Morgan fingerprint density at radius 2 is 2.28 bits per heavy atom. The molecule has 1 aromatic heterocycles. The minimum atomic E-state index is -0.415. The predicted molar refractivity (Wildman–Crippen MR) is 115 cm³/mol. The second-order valence-electron chi connectivity index (χ2n) is 7.12. The molecule has 1 amide bonds. The van der Waals surface area contributed by atoms with Crippen LogP contribution < -0.4 is 16.0 Å². The maximum absolute atomic E-state index is 13.4. The monoisotopic (exact) mass is 391 g/mol. The molecule has 29 heavy (non-hydrogen) atoms. The molecule has 0 saturated carbocycles. The number of amides is 1. The van der Waals surface area contributed by atoms with Crippen molar-refractivity contribution in [1.29, 1.82) is 0 Å². The van der Waals surface area contributed by atoms with Crippen LogP contribution in [0.3, 0.4) is 0 Å². The van der Waals surface area contributed by atoms with Gasteiger partial charge in [0.25, 0.3) is 5.91 Å². The number of rotatable bonds is 3. The molecule has 0 unspecified atom stereocenters. The molecule has 0 aliphatic carbocycles. The second-order valence-corrected chi connectivity index (χ2v) is 7.12. The molecular weight excluding hydrogens is 366 g/mol. The first-order valence-corrected chi connectivity index (χ1v) is 9.84. The van der Waals surface area contributed by atoms with Gasteiger partial charge in [-0.05, 0) is 49.7 Å². The largest absolute Gasteiger partial charge is 0.405 e. The average molecular weight is 391 g/mol. The summed E-state index contributed by atoms with van der Waals surface area (Å²) in [6.07, 6.45) is 7.29. The summed E-state index contributed by atoms with van der Waals surface area (Å²) in [4.78, 5) is 24.0. The minimum absolute atomic E-state index is 0.0223. The van der Waals surface area contributed by atoms with Crippen LogP contribution in [0, 0.1) is 0 Å². The fourth-order valence-corrected chi connectivity index (χ4v) is 3.78. The van der Waals surface area contributed by atoms with Crippen LogP contribution in [-0.2, 0) is 16.1 Å². The van der Waals surface area contributed by atoms with E-state index in [4.69, 9.17) is 10.5 Å². The molecule has 7 nitrogen and oxygen atoms in total. The van der Waals surface area contributed by atoms with Gasteiger partial charge in [-0.25, -0.2) is 4.98 Å². The van der Waals surface area contributed by atoms with E-state index < -0.39 is 6.10 Å². The molecule has 1 atom stereocenters. The normalized spacial score (nSPS) is 19.3. The number of nitrogens with one attached hydrogen (secondary N) is 1. The second kappa shape index (κ2) is 8.45. The van der Waals surface area contributed by atoms with E-state index in [1.54, 1.807) is 24.2 Å². The average Bonchev–Trinajstić information content (AvgIpc) is 2.94. The summed E-state index contributed by atoms with van der Waals surface area (Å²) in [5, 5.41) is 3.38. The van der Waals surface area contributed by atoms with Crippen molar-refractivity contribution in [2.45, 2.75) is 31.9 Å². The van der Waals surface area contributed by atoms with Crippen LogP contribution in [0.2, 0.25) is 0 Å². The van der Waals surface area contributed by atoms with Gasteiger partial charge in [-0.2, -0.15) is 0 Å². The van der Waals surface area contributed by atoms with Crippen LogP contribution >= 0.6 is 0 Å². The Bertz CT molecular complexity index is 963. The van der Waals surface area contributed by atoms with E-state index in [-0.39, 0.29) is 5.91 Å². The summed E-state index contributed by atoms with van der Waals surface area (Å²) in [6.45, 7) is 1.05. The van der Waals surface area contributed by atoms with E-state index in [1.165, 1.54) is 6.20 Å². The molecular formula is C22H25N5O2. The van der Waals surface area contributed by atoms with Gasteiger partial charge in [-0.1, -0.05) is 12.1 Å². The van der Waals surface area contributed by atoms with Gasteiger partial charge in [0.15, 0.2) is 0 Å². The number of pyridine rings is 1. The van der Waals surface area contributed by atoms with E-state index in [2.05, 4.69) is 15.3 Å². The highest BCUT2D eigenvalue weighted by molar-refractivity contribution is 6.10. The summed E-state index contributed by atoms with van der Waals surface area (Å²) < 4.78 is 5.80. The summed E-state index contributed by atoms with van der Waals surface area (Å²) in [5.74, 6) is 0.735. The van der Waals surface area contributed by atoms with Crippen molar-refractivity contribution in [3.63, 3.8) is 0 Å². The molecule has 1 saturated heterocycles. The molecule has 0 bridgehead atoms. The number of carbonyl (C=O) groups is 1. The van der Waals surface area contributed by atoms with Crippen molar-refractivity contribution >= 4 is 28.8 Å². The zero-order chi connectivity index (χ0) is 20.2. The number of ether oxygens (including phenoxy) is 1. The molecule has 150 valence electrons. The zero-order valence-corrected chi connectivity index (χ0v) is 16.5. The molecule has 1 fully saturated rings. The van der Waals surface area contributed by atoms with Crippen LogP contribution in [0.5, 0.6) is 0 Å². The Kier molecular flexibility index (Phi) is 5.57. The standard InChI is InChI=1S/C22H25N5O2/c1-24-17(9-10-23)15-7-8-18-19(13-15)27(22(28)20-6-2-3-12-29-20)14-16-5-4-11-25-21(16)26-18/h4-5,7-11,13,20H,2-3,6,12,14,23H2,1H3,(H,25,26)/t20-/m1/s1. The first-order chi connectivity index (χ1) is 14.2. The topological polar surface area (TPSA) is 92.8 Å². The SMILES string of the molecule is CN=C(C=CN)c1ccc2c(c1)N(C(=O)[C@H]1CCCCO1)Cc1cccnc1N2. The van der Waals surface area contributed by atoms with Gasteiger partial charge in [0, 0.05) is 31.0 Å². The number of aliphatic imine (C=N–C) groups is 1. The highest BCUT2D eigenvalue weighted by atomic mass is 16.5. The van der Waals surface area contributed by atoms with Crippen molar-refractivity contribution in [2.75, 3.05) is 23.9 Å². The van der Waals surface area contributed by atoms with E-state index in [0.29, 0.717) is 13.2 Å². The summed E-state index contributed by atoms with van der Waals surface area (Å²) in [6, 6.07) is 9.75. The Hall–Kier alpha value is -3.19. The third-order valence-electron chi connectivity index (χ3n) is 5.27. The summed E-state index contributed by atoms with van der Waals surface area (Å²) in [5.41, 5.74) is 9.77. The quantitative estimate of drug-likeness (QED) is 0.784. The van der Waals surface area contributed by atoms with E-state index in [9.17, 15) is 4.79 Å². The molecule has 1 aromatic carbocycles. The molecule has 7 heteroatoms. The first-order valence-electron chi connectivity index (χ1n) is 9.84. The Morgan fingerprint density at radius 3 is 3.03 bits per heavy atom. The number of anilines is 3. The van der Waals surface area contributed by atoms with Crippen LogP contribution in [0.15, 0.2) is 53.8 Å². The fraction of sp³-hybridized carbons (Fsp3) is 0.318. The first kappa shape index (κ1) is 19.1. The van der Waals surface area contributed by atoms with Gasteiger partial charge in [0.2, 0.25) is 0 Å². The van der Waals surface area contributed by atoms with E-state index in [1.807, 2.05) is 30.3 Å². The van der Waals surface area contributed by atoms with Crippen LogP contribution in [0.25, 0.3) is 0 Å². The molecule has 4 rings (SSSR count). The molecule has 3 heterocycles. The lowest BCUT2D eigenvalue weighted by molar-refractivity contribution is -0.132. The molecule has 2 aromatic rings. The number of aromatic nitrogens is 1. The zero-order valence-electron chi connectivity index (χ0n) is 16.5. The molecule has 0 radical (unpaired) electrons. The number of nitrogens with two attached hydrogens (primary N) is 1. The number of carbonyl (C=O) groups excluding carboxylic acids is 1. The fourth-order valence-electron chi connectivity index (χ4n) is 3.78. The van der Waals surface area contributed by atoms with Crippen LogP contribution in [0.1, 0.15) is 30.4 Å². The van der Waals surface area contributed by atoms with Gasteiger partial charge in [-0.15, -0.1) is 0 Å². The lowest BCUT2D eigenvalue weighted by Crippen LogP contribution is -2.41. The van der Waals surface area contributed by atoms with Gasteiger partial charge in [0.1, 0.15) is 11.9 Å². The van der Waals surface area contributed by atoms with Gasteiger partial charge < -0.3 is 20.7 Å². The lowest BCUT2D eigenvalue weighted by Gasteiger charge is -2.29. The van der Waals surface area contributed by atoms with Gasteiger partial charge >= 0.3 is 0 Å². The van der Waals surface area contributed by atoms with Crippen molar-refractivity contribution in [1.82, 2.24) is 4.98 Å². The Balaban J connectivity index is 1.79. The van der Waals surface area contributed by atoms with Crippen LogP contribution in [0.4, 0.5) is 17.2 Å². The van der Waals surface area contributed by atoms with Crippen molar-refractivity contribution < 1.29 is 9.53 Å². The van der Waals surface area contributed by atoms with Gasteiger partial charge in [0.05, 0.1) is 23.6 Å². The van der Waals surface area contributed by atoms with E-state index >= 15 is 0 Å². The Morgan fingerprint density at radius 1 is 1.38 bits per heavy atom. The highest BCUT2D eigenvalue weighted by Gasteiger charge is 2.31. The molecule has 2 aliphatic heterocycles. The number of benzene rings is 1. The minimum Gasteiger partial charge on any atom is -0.405 e. The third kappa shape index (κ3) is 3.86. The smallest absolute Gasteiger partial charge is 0.256 e. The van der Waals surface area contributed by atoms with E-state index in [0.717, 1.165) is 53.3 Å². The third-order valence-corrected chi connectivity index (χ3v) is 5.27. The number of hydrogen-bond donors (Lipinski definition) is 2.